The first kappa shape index (κ1) is 20.3. The van der Waals surface area contributed by atoms with E-state index in [1.807, 2.05) is 24.3 Å². The molecule has 28 heavy (non-hydrogen) atoms. The van der Waals surface area contributed by atoms with Crippen LogP contribution < -0.4 is 20.9 Å². The zero-order valence-corrected chi connectivity index (χ0v) is 16.6. The number of halogens is 1. The second kappa shape index (κ2) is 9.18. The number of nitrogens with one attached hydrogen (secondary N) is 3. The molecule has 0 spiro atoms. The largest absolute Gasteiger partial charge is 0.378 e. The van der Waals surface area contributed by atoms with Gasteiger partial charge < -0.3 is 25.6 Å². The highest BCUT2D eigenvalue weighted by Crippen LogP contribution is 2.28. The van der Waals surface area contributed by atoms with Crippen molar-refractivity contribution in [1.29, 1.82) is 0 Å². The minimum absolute atomic E-state index is 0. The van der Waals surface area contributed by atoms with Crippen LogP contribution in [-0.2, 0) is 17.7 Å². The Bertz CT molecular complexity index is 824. The first-order valence-corrected chi connectivity index (χ1v) is 9.27. The van der Waals surface area contributed by atoms with Crippen LogP contribution in [0.15, 0.2) is 24.3 Å². The number of ether oxygens (including phenoxy) is 1. The standard InChI is InChI=1S/C19H24N6O2.ClH/c1-20-19(26)22-14-4-2-13(3-5-14)17-23-16-12-21-7-6-15(16)18(24-17)25-8-10-27-11-9-25;/h2-5,21H,6-12H2,1H3,(H2,20,22,26);1H. The van der Waals surface area contributed by atoms with Gasteiger partial charge in [0.25, 0.3) is 0 Å². The third kappa shape index (κ3) is 4.35. The number of amides is 2. The molecule has 1 aromatic heterocycles. The number of anilines is 2. The number of nitrogens with zero attached hydrogens (tertiary/aromatic N) is 3. The van der Waals surface area contributed by atoms with Crippen molar-refractivity contribution in [3.8, 4) is 11.4 Å². The number of morpholine rings is 1. The summed E-state index contributed by atoms with van der Waals surface area (Å²) < 4.78 is 5.50. The molecule has 8 nitrogen and oxygen atoms in total. The zero-order valence-electron chi connectivity index (χ0n) is 15.8. The van der Waals surface area contributed by atoms with Crippen molar-refractivity contribution >= 4 is 29.9 Å². The maximum Gasteiger partial charge on any atom is 0.318 e. The van der Waals surface area contributed by atoms with Gasteiger partial charge in [0, 0.05) is 43.5 Å². The molecule has 3 heterocycles. The van der Waals surface area contributed by atoms with Crippen LogP contribution in [0.1, 0.15) is 11.3 Å². The average molecular weight is 405 g/mol. The van der Waals surface area contributed by atoms with E-state index in [-0.39, 0.29) is 18.4 Å². The molecule has 0 unspecified atom stereocenters. The van der Waals surface area contributed by atoms with Gasteiger partial charge in [-0.2, -0.15) is 0 Å². The molecule has 2 amide bonds. The molecule has 3 N–H and O–H groups in total. The minimum atomic E-state index is -0.242. The number of rotatable bonds is 3. The fourth-order valence-electron chi connectivity index (χ4n) is 3.40. The summed E-state index contributed by atoms with van der Waals surface area (Å²) >= 11 is 0. The Labute approximate surface area is 170 Å². The third-order valence-corrected chi connectivity index (χ3v) is 4.85. The van der Waals surface area contributed by atoms with Crippen molar-refractivity contribution in [3.05, 3.63) is 35.5 Å². The number of benzene rings is 1. The normalized spacial score (nSPS) is 16.0. The van der Waals surface area contributed by atoms with Gasteiger partial charge in [-0.15, -0.1) is 12.4 Å². The number of carbonyl (C=O) groups is 1. The predicted octanol–water partition coefficient (Wildman–Crippen LogP) is 1.80. The van der Waals surface area contributed by atoms with E-state index in [4.69, 9.17) is 14.7 Å². The Morgan fingerprint density at radius 2 is 1.93 bits per heavy atom. The topological polar surface area (TPSA) is 91.4 Å². The third-order valence-electron chi connectivity index (χ3n) is 4.85. The van der Waals surface area contributed by atoms with Crippen LogP contribution in [-0.4, -0.2) is 55.9 Å². The molecule has 1 saturated heterocycles. The highest BCUT2D eigenvalue weighted by atomic mass is 35.5. The van der Waals surface area contributed by atoms with E-state index in [0.29, 0.717) is 5.82 Å². The molecule has 0 bridgehead atoms. The molecule has 1 aromatic carbocycles. The molecular weight excluding hydrogens is 380 g/mol. The van der Waals surface area contributed by atoms with Gasteiger partial charge in [-0.1, -0.05) is 0 Å². The van der Waals surface area contributed by atoms with Crippen LogP contribution in [0, 0.1) is 0 Å². The van der Waals surface area contributed by atoms with Gasteiger partial charge in [-0.05, 0) is 37.2 Å². The predicted molar refractivity (Wildman–Crippen MR) is 111 cm³/mol. The molecule has 0 atom stereocenters. The molecule has 0 aliphatic carbocycles. The van der Waals surface area contributed by atoms with Crippen LogP contribution >= 0.6 is 12.4 Å². The summed E-state index contributed by atoms with van der Waals surface area (Å²) in [4.78, 5) is 23.5. The van der Waals surface area contributed by atoms with Crippen molar-refractivity contribution in [2.24, 2.45) is 0 Å². The quantitative estimate of drug-likeness (QED) is 0.722. The van der Waals surface area contributed by atoms with Gasteiger partial charge >= 0.3 is 6.03 Å². The number of fused-ring (bicyclic) bond motifs is 1. The second-order valence-corrected chi connectivity index (χ2v) is 6.60. The number of hydrogen-bond donors (Lipinski definition) is 3. The van der Waals surface area contributed by atoms with Crippen LogP contribution in [0.4, 0.5) is 16.3 Å². The van der Waals surface area contributed by atoms with Crippen LogP contribution in [0.3, 0.4) is 0 Å². The molecular formula is C19H25ClN6O2. The molecule has 2 aromatic rings. The van der Waals surface area contributed by atoms with Crippen molar-refractivity contribution < 1.29 is 9.53 Å². The Kier molecular flexibility index (Phi) is 6.66. The van der Waals surface area contributed by atoms with E-state index < -0.39 is 0 Å². The molecule has 2 aliphatic heterocycles. The lowest BCUT2D eigenvalue weighted by Gasteiger charge is -2.31. The van der Waals surface area contributed by atoms with Crippen molar-refractivity contribution in [3.63, 3.8) is 0 Å². The number of urea groups is 1. The lowest BCUT2D eigenvalue weighted by molar-refractivity contribution is 0.122. The molecule has 9 heteroatoms. The summed E-state index contributed by atoms with van der Waals surface area (Å²) in [5, 5.41) is 8.70. The van der Waals surface area contributed by atoms with Gasteiger partial charge in [0.2, 0.25) is 0 Å². The number of hydrogen-bond acceptors (Lipinski definition) is 6. The summed E-state index contributed by atoms with van der Waals surface area (Å²) in [6.45, 7) is 4.88. The fourth-order valence-corrected chi connectivity index (χ4v) is 3.40. The van der Waals surface area contributed by atoms with E-state index in [2.05, 4.69) is 20.9 Å². The summed E-state index contributed by atoms with van der Waals surface area (Å²) in [6, 6.07) is 7.35. The van der Waals surface area contributed by atoms with E-state index in [0.717, 1.165) is 68.6 Å². The van der Waals surface area contributed by atoms with E-state index >= 15 is 0 Å². The number of carbonyl (C=O) groups excluding carboxylic acids is 1. The molecule has 0 saturated carbocycles. The van der Waals surface area contributed by atoms with Gasteiger partial charge in [-0.3, -0.25) is 0 Å². The van der Waals surface area contributed by atoms with E-state index in [9.17, 15) is 4.79 Å². The highest BCUT2D eigenvalue weighted by Gasteiger charge is 2.23. The molecule has 150 valence electrons. The van der Waals surface area contributed by atoms with Crippen LogP contribution in [0.25, 0.3) is 11.4 Å². The highest BCUT2D eigenvalue weighted by molar-refractivity contribution is 5.89. The average Bonchev–Trinajstić information content (AvgIpc) is 2.74. The van der Waals surface area contributed by atoms with Gasteiger partial charge in [0.1, 0.15) is 5.82 Å². The maximum atomic E-state index is 11.4. The summed E-state index contributed by atoms with van der Waals surface area (Å²) in [7, 11) is 1.59. The zero-order chi connectivity index (χ0) is 18.6. The Morgan fingerprint density at radius 3 is 2.64 bits per heavy atom. The molecule has 0 radical (unpaired) electrons. The lowest BCUT2D eigenvalue weighted by atomic mass is 10.1. The van der Waals surface area contributed by atoms with Crippen molar-refractivity contribution in [1.82, 2.24) is 20.6 Å². The lowest BCUT2D eigenvalue weighted by Crippen LogP contribution is -2.39. The van der Waals surface area contributed by atoms with Crippen molar-refractivity contribution in [2.75, 3.05) is 50.1 Å². The van der Waals surface area contributed by atoms with Crippen LogP contribution in [0.5, 0.6) is 0 Å². The molecule has 4 rings (SSSR count). The van der Waals surface area contributed by atoms with E-state index in [1.165, 1.54) is 5.56 Å². The summed E-state index contributed by atoms with van der Waals surface area (Å²) in [6.07, 6.45) is 0.942. The smallest absolute Gasteiger partial charge is 0.318 e. The molecule has 1 fully saturated rings. The van der Waals surface area contributed by atoms with Crippen LogP contribution in [0.2, 0.25) is 0 Å². The fraction of sp³-hybridized carbons (Fsp3) is 0.421. The maximum absolute atomic E-state index is 11.4. The first-order valence-electron chi connectivity index (χ1n) is 9.27. The van der Waals surface area contributed by atoms with Gasteiger partial charge in [-0.25, -0.2) is 14.8 Å². The van der Waals surface area contributed by atoms with Gasteiger partial charge in [0.05, 0.1) is 18.9 Å². The monoisotopic (exact) mass is 404 g/mol. The first-order chi connectivity index (χ1) is 13.2. The Hall–Kier alpha value is -2.42. The minimum Gasteiger partial charge on any atom is -0.378 e. The Balaban J connectivity index is 0.00000225. The van der Waals surface area contributed by atoms with E-state index in [1.54, 1.807) is 7.05 Å². The van der Waals surface area contributed by atoms with Gasteiger partial charge in [0.15, 0.2) is 5.82 Å². The second-order valence-electron chi connectivity index (χ2n) is 6.60. The Morgan fingerprint density at radius 1 is 1.18 bits per heavy atom. The summed E-state index contributed by atoms with van der Waals surface area (Å²) in [5.74, 6) is 1.75. The number of aromatic nitrogens is 2. The van der Waals surface area contributed by atoms with Crippen molar-refractivity contribution in [2.45, 2.75) is 13.0 Å². The molecule has 2 aliphatic rings. The SMILES string of the molecule is CNC(=O)Nc1ccc(-c2nc3c(c(N4CCOCC4)n2)CCNC3)cc1.Cl. The summed E-state index contributed by atoms with van der Waals surface area (Å²) in [5.41, 5.74) is 3.98.